The Morgan fingerprint density at radius 2 is 1.67 bits per heavy atom. The smallest absolute Gasteiger partial charge is 0.226 e. The quantitative estimate of drug-likeness (QED) is 0.489. The van der Waals surface area contributed by atoms with Crippen molar-refractivity contribution in [2.75, 3.05) is 4.90 Å². The molecule has 2 aliphatic heterocycles. The van der Waals surface area contributed by atoms with Crippen molar-refractivity contribution in [3.05, 3.63) is 58.6 Å². The van der Waals surface area contributed by atoms with Gasteiger partial charge in [0.15, 0.2) is 0 Å². The number of benzene rings is 1. The van der Waals surface area contributed by atoms with Gasteiger partial charge in [-0.05, 0) is 70.9 Å². The highest BCUT2D eigenvalue weighted by Crippen LogP contribution is 2.45. The molecule has 1 saturated carbocycles. The molecule has 6 heteroatoms. The molecule has 2 unspecified atom stereocenters. The van der Waals surface area contributed by atoms with Crippen molar-refractivity contribution in [3.63, 3.8) is 0 Å². The summed E-state index contributed by atoms with van der Waals surface area (Å²) in [5.74, 6) is 2.45. The Morgan fingerprint density at radius 3 is 2.33 bits per heavy atom. The SMILES string of the molecule is Cc1cc(C)nc(N2C3CC[C@H]2CC(OCc2c(-c4ccccc4C)noc2C2CC2)C3)n1. The van der Waals surface area contributed by atoms with Gasteiger partial charge >= 0.3 is 0 Å². The van der Waals surface area contributed by atoms with Crippen LogP contribution in [0.3, 0.4) is 0 Å². The lowest BCUT2D eigenvalue weighted by Crippen LogP contribution is -2.46. The average molecular weight is 445 g/mol. The summed E-state index contributed by atoms with van der Waals surface area (Å²) in [6.07, 6.45) is 7.05. The number of fused-ring (bicyclic) bond motifs is 2. The summed E-state index contributed by atoms with van der Waals surface area (Å²) in [6, 6.07) is 11.4. The van der Waals surface area contributed by atoms with Crippen LogP contribution in [0.5, 0.6) is 0 Å². The van der Waals surface area contributed by atoms with E-state index in [4.69, 9.17) is 19.2 Å². The minimum Gasteiger partial charge on any atom is -0.373 e. The molecular formula is C27H32N4O2. The lowest BCUT2D eigenvalue weighted by Gasteiger charge is -2.39. The molecule has 3 fully saturated rings. The lowest BCUT2D eigenvalue weighted by atomic mass is 9.99. The van der Waals surface area contributed by atoms with Crippen LogP contribution in [0.25, 0.3) is 11.3 Å². The number of ether oxygens (including phenoxy) is 1. The zero-order valence-corrected chi connectivity index (χ0v) is 19.8. The summed E-state index contributed by atoms with van der Waals surface area (Å²) in [4.78, 5) is 12.0. The first-order valence-corrected chi connectivity index (χ1v) is 12.3. The lowest BCUT2D eigenvalue weighted by molar-refractivity contribution is 0.0144. The van der Waals surface area contributed by atoms with E-state index in [1.54, 1.807) is 0 Å². The first-order chi connectivity index (χ1) is 16.1. The van der Waals surface area contributed by atoms with Crippen LogP contribution in [0.2, 0.25) is 0 Å². The monoisotopic (exact) mass is 444 g/mol. The van der Waals surface area contributed by atoms with Crippen molar-refractivity contribution in [2.24, 2.45) is 0 Å². The molecule has 2 aromatic heterocycles. The molecule has 2 bridgehead atoms. The van der Waals surface area contributed by atoms with Crippen LogP contribution < -0.4 is 4.90 Å². The van der Waals surface area contributed by atoms with Gasteiger partial charge in [-0.25, -0.2) is 9.97 Å². The third-order valence-electron chi connectivity index (χ3n) is 7.52. The Balaban J connectivity index is 1.20. The first kappa shape index (κ1) is 20.8. The van der Waals surface area contributed by atoms with Gasteiger partial charge in [0.05, 0.1) is 12.7 Å². The standard InChI is InChI=1S/C27H32N4O2/c1-16-6-4-5-7-23(16)25-24(26(33-30-25)19-8-9-19)15-32-22-13-20-10-11-21(14-22)31(20)27-28-17(2)12-18(3)29-27/h4-7,12,19-22H,8-11,13-15H2,1-3H3/t20-,21?,22?/m0/s1. The molecule has 3 aliphatic rings. The summed E-state index contributed by atoms with van der Waals surface area (Å²) in [7, 11) is 0. The summed E-state index contributed by atoms with van der Waals surface area (Å²) in [6.45, 7) is 6.81. The van der Waals surface area contributed by atoms with Crippen LogP contribution in [0.15, 0.2) is 34.9 Å². The van der Waals surface area contributed by atoms with Crippen molar-refractivity contribution in [1.29, 1.82) is 0 Å². The van der Waals surface area contributed by atoms with E-state index in [9.17, 15) is 0 Å². The van der Waals surface area contributed by atoms with Gasteiger partial charge in [-0.3, -0.25) is 0 Å². The summed E-state index contributed by atoms with van der Waals surface area (Å²) >= 11 is 0. The molecule has 3 aromatic rings. The zero-order chi connectivity index (χ0) is 22.5. The Labute approximate surface area is 195 Å². The number of aromatic nitrogens is 3. The van der Waals surface area contributed by atoms with Crippen molar-refractivity contribution >= 4 is 5.95 Å². The van der Waals surface area contributed by atoms with Gasteiger partial charge in [-0.15, -0.1) is 0 Å². The molecule has 172 valence electrons. The summed E-state index contributed by atoms with van der Waals surface area (Å²) in [5.41, 5.74) is 6.55. The molecule has 0 amide bonds. The van der Waals surface area contributed by atoms with E-state index < -0.39 is 0 Å². The second-order valence-electron chi connectivity index (χ2n) is 10.1. The predicted molar refractivity (Wildman–Crippen MR) is 127 cm³/mol. The minimum atomic E-state index is 0.247. The van der Waals surface area contributed by atoms with Crippen LogP contribution in [0.1, 0.15) is 72.7 Å². The molecule has 3 atom stereocenters. The number of aryl methyl sites for hydroxylation is 3. The Morgan fingerprint density at radius 1 is 0.970 bits per heavy atom. The highest BCUT2D eigenvalue weighted by Gasteiger charge is 2.43. The van der Waals surface area contributed by atoms with E-state index in [2.05, 4.69) is 55.1 Å². The number of rotatable bonds is 6. The van der Waals surface area contributed by atoms with Gasteiger partial charge in [0.25, 0.3) is 0 Å². The van der Waals surface area contributed by atoms with Gasteiger partial charge in [-0.1, -0.05) is 29.4 Å². The Bertz CT molecular complexity index is 1130. The zero-order valence-electron chi connectivity index (χ0n) is 19.8. The number of anilines is 1. The van der Waals surface area contributed by atoms with Crippen molar-refractivity contribution in [2.45, 2.75) is 90.0 Å². The maximum absolute atomic E-state index is 6.59. The Hall–Kier alpha value is -2.73. The molecule has 0 N–H and O–H groups in total. The van der Waals surface area contributed by atoms with Gasteiger partial charge < -0.3 is 14.2 Å². The molecule has 2 saturated heterocycles. The maximum atomic E-state index is 6.59. The fraction of sp³-hybridized carbons (Fsp3) is 0.519. The maximum Gasteiger partial charge on any atom is 0.226 e. The second-order valence-corrected chi connectivity index (χ2v) is 10.1. The van der Waals surface area contributed by atoms with Crippen LogP contribution >= 0.6 is 0 Å². The van der Waals surface area contributed by atoms with Crippen molar-refractivity contribution in [3.8, 4) is 11.3 Å². The first-order valence-electron chi connectivity index (χ1n) is 12.3. The fourth-order valence-corrected chi connectivity index (χ4v) is 5.79. The van der Waals surface area contributed by atoms with Crippen LogP contribution in [0.4, 0.5) is 5.95 Å². The fourth-order valence-electron chi connectivity index (χ4n) is 5.79. The molecule has 6 nitrogen and oxygen atoms in total. The molecular weight excluding hydrogens is 412 g/mol. The highest BCUT2D eigenvalue weighted by molar-refractivity contribution is 5.67. The second kappa shape index (κ2) is 8.24. The third-order valence-corrected chi connectivity index (χ3v) is 7.52. The molecule has 33 heavy (non-hydrogen) atoms. The summed E-state index contributed by atoms with van der Waals surface area (Å²) in [5, 5.41) is 4.50. The molecule has 4 heterocycles. The van der Waals surface area contributed by atoms with E-state index in [0.29, 0.717) is 24.6 Å². The molecule has 0 radical (unpaired) electrons. The van der Waals surface area contributed by atoms with Crippen molar-refractivity contribution < 1.29 is 9.26 Å². The largest absolute Gasteiger partial charge is 0.373 e. The molecule has 6 rings (SSSR count). The third kappa shape index (κ3) is 3.95. The van der Waals surface area contributed by atoms with E-state index in [1.807, 2.05) is 6.07 Å². The van der Waals surface area contributed by atoms with E-state index in [-0.39, 0.29) is 6.10 Å². The average Bonchev–Trinajstić information content (AvgIpc) is 3.49. The normalized spacial score (nSPS) is 24.5. The number of hydrogen-bond donors (Lipinski definition) is 0. The van der Waals surface area contributed by atoms with E-state index >= 15 is 0 Å². The van der Waals surface area contributed by atoms with Crippen molar-refractivity contribution in [1.82, 2.24) is 15.1 Å². The number of hydrogen-bond acceptors (Lipinski definition) is 6. The predicted octanol–water partition coefficient (Wildman–Crippen LogP) is 5.65. The van der Waals surface area contributed by atoms with E-state index in [0.717, 1.165) is 52.8 Å². The van der Waals surface area contributed by atoms with Crippen LogP contribution in [-0.2, 0) is 11.3 Å². The van der Waals surface area contributed by atoms with Crippen LogP contribution in [0, 0.1) is 20.8 Å². The topological polar surface area (TPSA) is 64.3 Å². The molecule has 0 spiro atoms. The van der Waals surface area contributed by atoms with Gasteiger partial charge in [0, 0.05) is 40.5 Å². The minimum absolute atomic E-state index is 0.247. The van der Waals surface area contributed by atoms with Gasteiger partial charge in [0.2, 0.25) is 5.95 Å². The number of piperidine rings is 1. The molecule has 1 aliphatic carbocycles. The Kier molecular flexibility index (Phi) is 5.21. The van der Waals surface area contributed by atoms with Crippen LogP contribution in [-0.4, -0.2) is 33.3 Å². The highest BCUT2D eigenvalue weighted by atomic mass is 16.5. The van der Waals surface area contributed by atoms with Gasteiger partial charge in [0.1, 0.15) is 11.5 Å². The summed E-state index contributed by atoms with van der Waals surface area (Å²) < 4.78 is 12.5. The van der Waals surface area contributed by atoms with Gasteiger partial charge in [-0.2, -0.15) is 0 Å². The molecule has 1 aromatic carbocycles. The number of nitrogens with zero attached hydrogens (tertiary/aromatic N) is 4. The van der Waals surface area contributed by atoms with E-state index in [1.165, 1.54) is 31.2 Å².